The first-order valence-corrected chi connectivity index (χ1v) is 7.55. The highest BCUT2D eigenvalue weighted by atomic mass is 35.5. The van der Waals surface area contributed by atoms with Crippen molar-refractivity contribution in [2.24, 2.45) is 0 Å². The molecule has 112 valence electrons. The average Bonchev–Trinajstić information content (AvgIpc) is 2.52. The highest BCUT2D eigenvalue weighted by Gasteiger charge is 2.12. The molecule has 2 rings (SSSR count). The normalized spacial score (nSPS) is 12.2. The van der Waals surface area contributed by atoms with Gasteiger partial charge in [-0.1, -0.05) is 42.8 Å². The Morgan fingerprint density at radius 2 is 1.95 bits per heavy atom. The Balaban J connectivity index is 2.21. The van der Waals surface area contributed by atoms with E-state index in [4.69, 9.17) is 11.6 Å². The molecule has 0 aliphatic heterocycles. The Hall–Kier alpha value is -1.81. The number of aromatic nitrogens is 2. The zero-order chi connectivity index (χ0) is 15.4. The highest BCUT2D eigenvalue weighted by Crippen LogP contribution is 2.23. The number of rotatable bonds is 5. The van der Waals surface area contributed by atoms with Crippen molar-refractivity contribution in [1.29, 1.82) is 0 Å². The number of nitrogens with one attached hydrogen (secondary N) is 1. The van der Waals surface area contributed by atoms with Gasteiger partial charge in [0.25, 0.3) is 5.56 Å². The Morgan fingerprint density at radius 1 is 1.29 bits per heavy atom. The summed E-state index contributed by atoms with van der Waals surface area (Å²) in [5, 5.41) is 7.52. The third kappa shape index (κ3) is 3.45. The van der Waals surface area contributed by atoms with Crippen LogP contribution in [-0.4, -0.2) is 9.78 Å². The molecule has 0 radical (unpaired) electrons. The number of anilines is 1. The van der Waals surface area contributed by atoms with Gasteiger partial charge in [-0.05, 0) is 31.4 Å². The zero-order valence-corrected chi connectivity index (χ0v) is 13.3. The summed E-state index contributed by atoms with van der Waals surface area (Å²) in [6, 6.07) is 8.45. The van der Waals surface area contributed by atoms with E-state index in [1.54, 1.807) is 6.20 Å². The summed E-state index contributed by atoms with van der Waals surface area (Å²) >= 11 is 6.12. The van der Waals surface area contributed by atoms with E-state index in [2.05, 4.69) is 41.6 Å². The summed E-state index contributed by atoms with van der Waals surface area (Å²) in [7, 11) is 0. The van der Waals surface area contributed by atoms with Crippen molar-refractivity contribution in [3.63, 3.8) is 0 Å². The Morgan fingerprint density at radius 3 is 2.52 bits per heavy atom. The minimum atomic E-state index is -0.266. The molecule has 1 aromatic carbocycles. The summed E-state index contributed by atoms with van der Waals surface area (Å²) in [4.78, 5) is 12.0. The van der Waals surface area contributed by atoms with Crippen molar-refractivity contribution in [3.05, 3.63) is 57.0 Å². The quantitative estimate of drug-likeness (QED) is 0.917. The molecule has 0 aliphatic carbocycles. The van der Waals surface area contributed by atoms with Gasteiger partial charge in [0.2, 0.25) is 0 Å². The van der Waals surface area contributed by atoms with Crippen molar-refractivity contribution < 1.29 is 0 Å². The second-order valence-electron chi connectivity index (χ2n) is 4.95. The summed E-state index contributed by atoms with van der Waals surface area (Å²) in [6.45, 7) is 6.52. The Kier molecular flexibility index (Phi) is 5.02. The number of halogens is 1. The molecule has 2 aromatic rings. The summed E-state index contributed by atoms with van der Waals surface area (Å²) < 4.78 is 1.34. The summed E-state index contributed by atoms with van der Waals surface area (Å²) in [5.41, 5.74) is 2.75. The maximum Gasteiger partial charge on any atom is 0.287 e. The standard InChI is InChI=1S/C16H20ClN3O/c1-4-12-6-8-13(9-7-12)11(3)19-14-10-18-20(5-2)16(21)15(14)17/h6-11,19H,4-5H2,1-3H3. The lowest BCUT2D eigenvalue weighted by Crippen LogP contribution is -2.23. The lowest BCUT2D eigenvalue weighted by Gasteiger charge is -2.17. The van der Waals surface area contributed by atoms with Crippen LogP contribution in [0.5, 0.6) is 0 Å². The van der Waals surface area contributed by atoms with Gasteiger partial charge < -0.3 is 5.32 Å². The number of aryl methyl sites for hydroxylation is 2. The number of benzene rings is 1. The molecule has 0 fully saturated rings. The first-order valence-electron chi connectivity index (χ1n) is 7.17. The van der Waals surface area contributed by atoms with E-state index < -0.39 is 0 Å². The molecule has 1 heterocycles. The minimum Gasteiger partial charge on any atom is -0.376 e. The number of hydrogen-bond acceptors (Lipinski definition) is 3. The van der Waals surface area contributed by atoms with Gasteiger partial charge >= 0.3 is 0 Å². The van der Waals surface area contributed by atoms with Gasteiger partial charge in [-0.3, -0.25) is 4.79 Å². The first kappa shape index (κ1) is 15.6. The van der Waals surface area contributed by atoms with E-state index >= 15 is 0 Å². The summed E-state index contributed by atoms with van der Waals surface area (Å²) in [5.74, 6) is 0. The third-order valence-corrected chi connectivity index (χ3v) is 3.91. The molecule has 1 unspecified atom stereocenters. The highest BCUT2D eigenvalue weighted by molar-refractivity contribution is 6.32. The van der Waals surface area contributed by atoms with Crippen molar-refractivity contribution in [1.82, 2.24) is 9.78 Å². The third-order valence-electron chi connectivity index (χ3n) is 3.54. The van der Waals surface area contributed by atoms with Crippen molar-refractivity contribution in [3.8, 4) is 0 Å². The van der Waals surface area contributed by atoms with E-state index in [0.717, 1.165) is 12.0 Å². The van der Waals surface area contributed by atoms with Gasteiger partial charge in [0.1, 0.15) is 5.02 Å². The van der Waals surface area contributed by atoms with Crippen LogP contribution in [0.2, 0.25) is 5.02 Å². The van der Waals surface area contributed by atoms with E-state index in [1.165, 1.54) is 10.2 Å². The maximum atomic E-state index is 12.0. The molecule has 0 saturated carbocycles. The molecule has 5 heteroatoms. The molecule has 0 saturated heterocycles. The Bertz CT molecular complexity index is 664. The molecule has 0 aliphatic rings. The van der Waals surface area contributed by atoms with Gasteiger partial charge in [-0.2, -0.15) is 5.10 Å². The lowest BCUT2D eigenvalue weighted by atomic mass is 10.0. The molecule has 1 atom stereocenters. The van der Waals surface area contributed by atoms with Crippen molar-refractivity contribution in [2.75, 3.05) is 5.32 Å². The largest absolute Gasteiger partial charge is 0.376 e. The molecule has 1 aromatic heterocycles. The second-order valence-corrected chi connectivity index (χ2v) is 5.33. The first-order chi connectivity index (χ1) is 10.1. The second kappa shape index (κ2) is 6.76. The van der Waals surface area contributed by atoms with Gasteiger partial charge in [0, 0.05) is 12.6 Å². The average molecular weight is 306 g/mol. The SMILES string of the molecule is CCc1ccc(C(C)Nc2cnn(CC)c(=O)c2Cl)cc1. The molecule has 0 bridgehead atoms. The fraction of sp³-hybridized carbons (Fsp3) is 0.375. The predicted molar refractivity (Wildman–Crippen MR) is 87.0 cm³/mol. The number of hydrogen-bond donors (Lipinski definition) is 1. The molecular formula is C16H20ClN3O. The minimum absolute atomic E-state index is 0.0482. The molecular weight excluding hydrogens is 286 g/mol. The van der Waals surface area contributed by atoms with Gasteiger partial charge in [-0.15, -0.1) is 0 Å². The number of nitrogens with zero attached hydrogens (tertiary/aromatic N) is 2. The molecule has 0 spiro atoms. The predicted octanol–water partition coefficient (Wildman–Crippen LogP) is 3.65. The lowest BCUT2D eigenvalue weighted by molar-refractivity contribution is 0.615. The van der Waals surface area contributed by atoms with Crippen LogP contribution in [0, 0.1) is 0 Å². The van der Waals surface area contributed by atoms with Gasteiger partial charge in [0.15, 0.2) is 0 Å². The molecule has 21 heavy (non-hydrogen) atoms. The van der Waals surface area contributed by atoms with Crippen LogP contribution >= 0.6 is 11.6 Å². The van der Waals surface area contributed by atoms with Crippen LogP contribution in [0.3, 0.4) is 0 Å². The van der Waals surface area contributed by atoms with Crippen LogP contribution in [-0.2, 0) is 13.0 Å². The maximum absolute atomic E-state index is 12.0. The van der Waals surface area contributed by atoms with Crippen LogP contribution < -0.4 is 10.9 Å². The molecule has 0 amide bonds. The van der Waals surface area contributed by atoms with E-state index in [9.17, 15) is 4.79 Å². The van der Waals surface area contributed by atoms with E-state index in [1.807, 2.05) is 13.8 Å². The Labute approximate surface area is 129 Å². The zero-order valence-electron chi connectivity index (χ0n) is 12.6. The van der Waals surface area contributed by atoms with Crippen molar-refractivity contribution in [2.45, 2.75) is 39.8 Å². The van der Waals surface area contributed by atoms with Crippen LogP contribution in [0.15, 0.2) is 35.3 Å². The van der Waals surface area contributed by atoms with E-state index in [0.29, 0.717) is 12.2 Å². The van der Waals surface area contributed by atoms with Crippen LogP contribution in [0.1, 0.15) is 37.9 Å². The van der Waals surface area contributed by atoms with Crippen LogP contribution in [0.25, 0.3) is 0 Å². The monoisotopic (exact) mass is 305 g/mol. The van der Waals surface area contributed by atoms with Crippen LogP contribution in [0.4, 0.5) is 5.69 Å². The van der Waals surface area contributed by atoms with Gasteiger partial charge in [-0.25, -0.2) is 4.68 Å². The topological polar surface area (TPSA) is 46.9 Å². The fourth-order valence-corrected chi connectivity index (χ4v) is 2.35. The summed E-state index contributed by atoms with van der Waals surface area (Å²) in [6.07, 6.45) is 2.62. The van der Waals surface area contributed by atoms with E-state index in [-0.39, 0.29) is 16.6 Å². The smallest absolute Gasteiger partial charge is 0.287 e. The van der Waals surface area contributed by atoms with Gasteiger partial charge in [0.05, 0.1) is 11.9 Å². The molecule has 1 N–H and O–H groups in total. The fourth-order valence-electron chi connectivity index (χ4n) is 2.15. The van der Waals surface area contributed by atoms with Crippen molar-refractivity contribution >= 4 is 17.3 Å². The molecule has 4 nitrogen and oxygen atoms in total.